The molecule has 5 rings (SSSR count). The molecule has 4 heterocycles. The number of hydrogen-bond acceptors (Lipinski definition) is 7. The van der Waals surface area contributed by atoms with E-state index in [-0.39, 0.29) is 25.0 Å². The summed E-state index contributed by atoms with van der Waals surface area (Å²) in [6, 6.07) is 7.27. The van der Waals surface area contributed by atoms with Crippen molar-refractivity contribution in [3.8, 4) is 0 Å². The first kappa shape index (κ1) is 23.7. The van der Waals surface area contributed by atoms with Crippen LogP contribution in [-0.2, 0) is 24.9 Å². The first-order valence-corrected chi connectivity index (χ1v) is 12.1. The molecule has 1 aromatic carbocycles. The van der Waals surface area contributed by atoms with Gasteiger partial charge in [0.15, 0.2) is 11.2 Å². The summed E-state index contributed by atoms with van der Waals surface area (Å²) >= 11 is 0. The summed E-state index contributed by atoms with van der Waals surface area (Å²) in [7, 11) is 1.62. The van der Waals surface area contributed by atoms with Crippen molar-refractivity contribution in [2.75, 3.05) is 29.9 Å². The first-order chi connectivity index (χ1) is 17.4. The summed E-state index contributed by atoms with van der Waals surface area (Å²) in [6.07, 6.45) is 5.74. The van der Waals surface area contributed by atoms with E-state index in [0.717, 1.165) is 19.4 Å². The van der Waals surface area contributed by atoms with Gasteiger partial charge in [-0.25, -0.2) is 4.79 Å². The predicted molar refractivity (Wildman–Crippen MR) is 140 cm³/mol. The minimum absolute atomic E-state index is 0.0267. The number of rotatable bonds is 5. The van der Waals surface area contributed by atoms with Gasteiger partial charge in [0.2, 0.25) is 11.9 Å². The van der Waals surface area contributed by atoms with Crippen molar-refractivity contribution in [3.63, 3.8) is 0 Å². The topological polar surface area (TPSA) is 133 Å². The predicted octanol–water partition coefficient (Wildman–Crippen LogP) is 0.842. The Balaban J connectivity index is 1.68. The third-order valence-corrected chi connectivity index (χ3v) is 6.71. The van der Waals surface area contributed by atoms with Crippen LogP contribution >= 0.6 is 0 Å². The summed E-state index contributed by atoms with van der Waals surface area (Å²) in [5, 5.41) is 2.82. The van der Waals surface area contributed by atoms with Crippen molar-refractivity contribution < 1.29 is 4.79 Å². The summed E-state index contributed by atoms with van der Waals surface area (Å²) in [5.74, 6) is 0.386. The summed E-state index contributed by atoms with van der Waals surface area (Å²) < 4.78 is 4.44. The van der Waals surface area contributed by atoms with E-state index in [2.05, 4.69) is 15.2 Å². The SMILES string of the molecule is CC=CCn1c(N2CCCC(N)C2)nc2c1c(=O)n(CC1=NCC(=O)Nc3ccccc31)c(=O)n2C. The van der Waals surface area contributed by atoms with Crippen molar-refractivity contribution in [1.29, 1.82) is 0 Å². The van der Waals surface area contributed by atoms with Gasteiger partial charge in [-0.1, -0.05) is 30.4 Å². The molecule has 1 amide bonds. The van der Waals surface area contributed by atoms with Gasteiger partial charge in [0.1, 0.15) is 6.54 Å². The van der Waals surface area contributed by atoms with Crippen LogP contribution < -0.4 is 27.2 Å². The Bertz CT molecular complexity index is 1510. The number of nitrogens with two attached hydrogens (primary N) is 1. The number of anilines is 2. The van der Waals surface area contributed by atoms with Crippen LogP contribution in [0.4, 0.5) is 11.6 Å². The number of aryl methyl sites for hydroxylation is 1. The smallest absolute Gasteiger partial charge is 0.332 e. The monoisotopic (exact) mass is 490 g/mol. The maximum atomic E-state index is 13.9. The molecule has 0 bridgehead atoms. The fraction of sp³-hybridized carbons (Fsp3) is 0.400. The van der Waals surface area contributed by atoms with Crippen LogP contribution in [0, 0.1) is 0 Å². The molecule has 3 aromatic rings. The van der Waals surface area contributed by atoms with E-state index in [1.165, 1.54) is 9.13 Å². The highest BCUT2D eigenvalue weighted by atomic mass is 16.2. The lowest BCUT2D eigenvalue weighted by Crippen LogP contribution is -2.44. The van der Waals surface area contributed by atoms with E-state index in [0.29, 0.717) is 47.2 Å². The van der Waals surface area contributed by atoms with E-state index in [4.69, 9.17) is 10.7 Å². The molecular formula is C25H30N8O3. The van der Waals surface area contributed by atoms with Crippen LogP contribution in [0.5, 0.6) is 0 Å². The summed E-state index contributed by atoms with van der Waals surface area (Å²) in [4.78, 5) is 50.7. The number of amides is 1. The number of nitrogens with zero attached hydrogens (tertiary/aromatic N) is 6. The van der Waals surface area contributed by atoms with Crippen LogP contribution in [0.15, 0.2) is 51.0 Å². The highest BCUT2D eigenvalue weighted by Crippen LogP contribution is 2.23. The van der Waals surface area contributed by atoms with Crippen molar-refractivity contribution in [1.82, 2.24) is 18.7 Å². The van der Waals surface area contributed by atoms with E-state index in [1.54, 1.807) is 13.1 Å². The quantitative estimate of drug-likeness (QED) is 0.510. The maximum Gasteiger partial charge on any atom is 0.332 e. The second kappa shape index (κ2) is 9.57. The molecule has 0 radical (unpaired) electrons. The first-order valence-electron chi connectivity index (χ1n) is 12.1. The van der Waals surface area contributed by atoms with Crippen LogP contribution in [0.25, 0.3) is 11.2 Å². The van der Waals surface area contributed by atoms with E-state index < -0.39 is 11.2 Å². The molecule has 1 atom stereocenters. The van der Waals surface area contributed by atoms with Crippen LogP contribution in [-0.4, -0.2) is 56.0 Å². The van der Waals surface area contributed by atoms with Gasteiger partial charge in [-0.3, -0.25) is 23.7 Å². The number of carbonyl (C=O) groups excluding carboxylic acids is 1. The third-order valence-electron chi connectivity index (χ3n) is 6.71. The number of nitrogens with one attached hydrogen (secondary N) is 1. The van der Waals surface area contributed by atoms with E-state index >= 15 is 0 Å². The van der Waals surface area contributed by atoms with E-state index in [1.807, 2.05) is 41.8 Å². The van der Waals surface area contributed by atoms with Crippen molar-refractivity contribution in [3.05, 3.63) is 62.8 Å². The molecule has 0 spiro atoms. The molecule has 2 aliphatic heterocycles. The average Bonchev–Trinajstić information content (AvgIpc) is 3.18. The van der Waals surface area contributed by atoms with Gasteiger partial charge in [0.25, 0.3) is 5.56 Å². The molecule has 188 valence electrons. The molecule has 0 aliphatic carbocycles. The number of carbonyl (C=O) groups is 1. The van der Waals surface area contributed by atoms with Gasteiger partial charge < -0.3 is 20.5 Å². The van der Waals surface area contributed by atoms with Gasteiger partial charge in [0, 0.05) is 44.0 Å². The zero-order valence-electron chi connectivity index (χ0n) is 20.5. The molecule has 11 nitrogen and oxygen atoms in total. The Labute approximate surface area is 207 Å². The maximum absolute atomic E-state index is 13.9. The number of imidazole rings is 1. The normalized spacial score (nSPS) is 18.3. The Morgan fingerprint density at radius 3 is 2.78 bits per heavy atom. The Morgan fingerprint density at radius 1 is 1.19 bits per heavy atom. The zero-order valence-corrected chi connectivity index (χ0v) is 20.5. The number of benzene rings is 1. The van der Waals surface area contributed by atoms with Crippen LogP contribution in [0.3, 0.4) is 0 Å². The Morgan fingerprint density at radius 2 is 2.00 bits per heavy atom. The third kappa shape index (κ3) is 4.15. The standard InChI is InChI=1S/C25H30N8O3/c1-3-4-12-32-21-22(29-24(32)31-11-7-8-16(26)14-31)30(2)25(36)33(23(21)35)15-19-17-9-5-6-10-18(17)28-20(34)13-27-19/h3-6,9-10,16H,7-8,11-15,26H2,1-2H3,(H,28,34). The lowest BCUT2D eigenvalue weighted by atomic mass is 10.1. The Hall–Kier alpha value is -3.99. The van der Waals surface area contributed by atoms with Gasteiger partial charge >= 0.3 is 5.69 Å². The lowest BCUT2D eigenvalue weighted by molar-refractivity contribution is -0.114. The molecular weight excluding hydrogens is 460 g/mol. The molecule has 11 heteroatoms. The Kier molecular flexibility index (Phi) is 6.31. The van der Waals surface area contributed by atoms with Crippen LogP contribution in [0.1, 0.15) is 25.3 Å². The molecule has 1 fully saturated rings. The number of aliphatic imine (C=N–C) groups is 1. The minimum atomic E-state index is -0.492. The van der Waals surface area contributed by atoms with Crippen molar-refractivity contribution in [2.24, 2.45) is 17.8 Å². The number of piperidine rings is 1. The van der Waals surface area contributed by atoms with Gasteiger partial charge in [-0.15, -0.1) is 0 Å². The largest absolute Gasteiger partial charge is 0.341 e. The number of aromatic nitrogens is 4. The number of para-hydroxylation sites is 1. The fourth-order valence-corrected chi connectivity index (χ4v) is 4.89. The zero-order chi connectivity index (χ0) is 25.4. The van der Waals surface area contributed by atoms with Gasteiger partial charge in [-0.2, -0.15) is 4.98 Å². The number of benzodiazepines with no additional fused rings is 1. The van der Waals surface area contributed by atoms with Gasteiger partial charge in [0.05, 0.1) is 12.3 Å². The highest BCUT2D eigenvalue weighted by Gasteiger charge is 2.27. The summed E-state index contributed by atoms with van der Waals surface area (Å²) in [6.45, 7) is 3.62. The number of hydrogen-bond donors (Lipinski definition) is 2. The average molecular weight is 491 g/mol. The molecule has 1 saturated heterocycles. The molecule has 2 aromatic heterocycles. The van der Waals surface area contributed by atoms with E-state index in [9.17, 15) is 14.4 Å². The fourth-order valence-electron chi connectivity index (χ4n) is 4.89. The second-order valence-corrected chi connectivity index (χ2v) is 9.20. The van der Waals surface area contributed by atoms with Gasteiger partial charge in [-0.05, 0) is 25.8 Å². The van der Waals surface area contributed by atoms with Crippen molar-refractivity contribution in [2.45, 2.75) is 38.9 Å². The number of fused-ring (bicyclic) bond motifs is 2. The number of allylic oxidation sites excluding steroid dienone is 2. The van der Waals surface area contributed by atoms with Crippen LogP contribution in [0.2, 0.25) is 0 Å². The second-order valence-electron chi connectivity index (χ2n) is 9.20. The molecule has 0 saturated carbocycles. The lowest BCUT2D eigenvalue weighted by Gasteiger charge is -2.31. The molecule has 36 heavy (non-hydrogen) atoms. The molecule has 1 unspecified atom stereocenters. The minimum Gasteiger partial charge on any atom is -0.341 e. The molecule has 3 N–H and O–H groups in total. The highest BCUT2D eigenvalue weighted by molar-refractivity contribution is 6.10. The van der Waals surface area contributed by atoms with Crippen molar-refractivity contribution >= 4 is 34.4 Å². The summed E-state index contributed by atoms with van der Waals surface area (Å²) in [5.41, 5.74) is 7.75. The molecule has 2 aliphatic rings.